The summed E-state index contributed by atoms with van der Waals surface area (Å²) in [4.78, 5) is 2.47. The highest BCUT2D eigenvalue weighted by Gasteiger charge is 2.23. The number of nitrogens with zero attached hydrogens (tertiary/aromatic N) is 1. The number of hydrogen-bond donors (Lipinski definition) is 1. The average Bonchev–Trinajstić information content (AvgIpc) is 3.15. The van der Waals surface area contributed by atoms with Crippen molar-refractivity contribution >= 4 is 0 Å². The first-order valence-electron chi connectivity index (χ1n) is 7.75. The van der Waals surface area contributed by atoms with E-state index in [1.807, 2.05) is 0 Å². The van der Waals surface area contributed by atoms with E-state index in [-0.39, 0.29) is 0 Å². The molecule has 3 nitrogen and oxygen atoms in total. The molecule has 1 saturated heterocycles. The second-order valence-corrected chi connectivity index (χ2v) is 6.56. The van der Waals surface area contributed by atoms with Crippen LogP contribution in [-0.4, -0.2) is 44.4 Å². The number of rotatable bonds is 8. The van der Waals surface area contributed by atoms with Gasteiger partial charge in [-0.15, -0.1) is 0 Å². The molecule has 2 aliphatic rings. The Bertz CT molecular complexity index is 205. The lowest BCUT2D eigenvalue weighted by molar-refractivity contribution is 0.00643. The summed E-state index contributed by atoms with van der Waals surface area (Å²) in [6.07, 6.45) is 5.45. The SMILES string of the molecule is CC(C)CNCC1CCN(COCC2CC2)CC1. The molecule has 1 aliphatic heterocycles. The Labute approximate surface area is 112 Å². The summed E-state index contributed by atoms with van der Waals surface area (Å²) < 4.78 is 5.76. The lowest BCUT2D eigenvalue weighted by atomic mass is 9.97. The van der Waals surface area contributed by atoms with Crippen LogP contribution in [0.5, 0.6) is 0 Å². The Hall–Kier alpha value is -0.120. The Balaban J connectivity index is 1.47. The molecule has 0 amide bonds. The van der Waals surface area contributed by atoms with Crippen LogP contribution in [0.4, 0.5) is 0 Å². The topological polar surface area (TPSA) is 24.5 Å². The third kappa shape index (κ3) is 5.68. The van der Waals surface area contributed by atoms with Crippen molar-refractivity contribution in [2.45, 2.75) is 39.5 Å². The number of hydrogen-bond acceptors (Lipinski definition) is 3. The molecule has 106 valence electrons. The minimum Gasteiger partial charge on any atom is -0.366 e. The van der Waals surface area contributed by atoms with Crippen LogP contribution in [0, 0.1) is 17.8 Å². The van der Waals surface area contributed by atoms with Gasteiger partial charge in [0.05, 0.1) is 13.3 Å². The summed E-state index contributed by atoms with van der Waals surface area (Å²) in [5, 5.41) is 3.59. The molecule has 0 bridgehead atoms. The average molecular weight is 254 g/mol. The van der Waals surface area contributed by atoms with Crippen molar-refractivity contribution in [3.05, 3.63) is 0 Å². The van der Waals surface area contributed by atoms with E-state index in [0.29, 0.717) is 0 Å². The van der Waals surface area contributed by atoms with Gasteiger partial charge in [-0.05, 0) is 56.5 Å². The Morgan fingerprint density at radius 1 is 1.11 bits per heavy atom. The molecular weight excluding hydrogens is 224 g/mol. The minimum atomic E-state index is 0.765. The van der Waals surface area contributed by atoms with Crippen LogP contribution in [0.15, 0.2) is 0 Å². The molecule has 0 aromatic carbocycles. The van der Waals surface area contributed by atoms with E-state index in [0.717, 1.165) is 37.6 Å². The molecule has 2 rings (SSSR count). The van der Waals surface area contributed by atoms with Crippen molar-refractivity contribution in [1.29, 1.82) is 0 Å². The second kappa shape index (κ2) is 7.46. The molecule has 18 heavy (non-hydrogen) atoms. The van der Waals surface area contributed by atoms with Crippen molar-refractivity contribution in [3.8, 4) is 0 Å². The molecule has 0 aromatic rings. The summed E-state index contributed by atoms with van der Waals surface area (Å²) in [7, 11) is 0. The van der Waals surface area contributed by atoms with Crippen LogP contribution >= 0.6 is 0 Å². The fourth-order valence-corrected chi connectivity index (χ4v) is 2.53. The summed E-state index contributed by atoms with van der Waals surface area (Å²) in [5.74, 6) is 2.53. The molecule has 1 N–H and O–H groups in total. The zero-order chi connectivity index (χ0) is 12.8. The third-order valence-corrected chi connectivity index (χ3v) is 4.02. The van der Waals surface area contributed by atoms with Gasteiger partial charge in [-0.3, -0.25) is 4.90 Å². The summed E-state index contributed by atoms with van der Waals surface area (Å²) in [6.45, 7) is 11.2. The quantitative estimate of drug-likeness (QED) is 0.719. The largest absolute Gasteiger partial charge is 0.366 e. The first kappa shape index (κ1) is 14.3. The lowest BCUT2D eigenvalue weighted by Gasteiger charge is -2.31. The molecular formula is C15H30N2O. The van der Waals surface area contributed by atoms with Crippen molar-refractivity contribution < 1.29 is 4.74 Å². The Morgan fingerprint density at radius 2 is 1.83 bits per heavy atom. The molecule has 0 unspecified atom stereocenters. The first-order valence-corrected chi connectivity index (χ1v) is 7.75. The second-order valence-electron chi connectivity index (χ2n) is 6.56. The zero-order valence-corrected chi connectivity index (χ0v) is 12.2. The van der Waals surface area contributed by atoms with Crippen LogP contribution in [0.25, 0.3) is 0 Å². The van der Waals surface area contributed by atoms with Crippen molar-refractivity contribution in [2.24, 2.45) is 17.8 Å². The number of likely N-dealkylation sites (tertiary alicyclic amines) is 1. The maximum Gasteiger partial charge on any atom is 0.0990 e. The van der Waals surface area contributed by atoms with Gasteiger partial charge in [-0.2, -0.15) is 0 Å². The van der Waals surface area contributed by atoms with Gasteiger partial charge < -0.3 is 10.1 Å². The molecule has 2 fully saturated rings. The van der Waals surface area contributed by atoms with Crippen LogP contribution in [0.1, 0.15) is 39.5 Å². The van der Waals surface area contributed by atoms with Crippen LogP contribution in [0.3, 0.4) is 0 Å². The van der Waals surface area contributed by atoms with E-state index in [4.69, 9.17) is 4.74 Å². The van der Waals surface area contributed by atoms with Gasteiger partial charge in [0.2, 0.25) is 0 Å². The van der Waals surface area contributed by atoms with E-state index in [2.05, 4.69) is 24.1 Å². The standard InChI is InChI=1S/C15H30N2O/c1-13(2)9-16-10-14-5-7-17(8-6-14)12-18-11-15-3-4-15/h13-16H,3-12H2,1-2H3. The van der Waals surface area contributed by atoms with Gasteiger partial charge in [-0.1, -0.05) is 13.8 Å². The molecule has 1 aliphatic carbocycles. The highest BCUT2D eigenvalue weighted by atomic mass is 16.5. The Kier molecular flexibility index (Phi) is 5.93. The monoisotopic (exact) mass is 254 g/mol. The van der Waals surface area contributed by atoms with Crippen molar-refractivity contribution in [3.63, 3.8) is 0 Å². The normalized spacial score (nSPS) is 22.8. The predicted octanol–water partition coefficient (Wildman–Crippen LogP) is 2.33. The maximum atomic E-state index is 5.76. The van der Waals surface area contributed by atoms with E-state index < -0.39 is 0 Å². The molecule has 3 heteroatoms. The predicted molar refractivity (Wildman–Crippen MR) is 75.5 cm³/mol. The summed E-state index contributed by atoms with van der Waals surface area (Å²) in [6, 6.07) is 0. The first-order chi connectivity index (χ1) is 8.74. The van der Waals surface area contributed by atoms with Gasteiger partial charge in [-0.25, -0.2) is 0 Å². The number of ether oxygens (including phenoxy) is 1. The highest BCUT2D eigenvalue weighted by Crippen LogP contribution is 2.28. The molecule has 1 heterocycles. The van der Waals surface area contributed by atoms with Gasteiger partial charge in [0.15, 0.2) is 0 Å². The molecule has 0 radical (unpaired) electrons. The van der Waals surface area contributed by atoms with E-state index >= 15 is 0 Å². The number of nitrogens with one attached hydrogen (secondary N) is 1. The fourth-order valence-electron chi connectivity index (χ4n) is 2.53. The van der Waals surface area contributed by atoms with Gasteiger partial charge in [0.1, 0.15) is 0 Å². The van der Waals surface area contributed by atoms with Crippen molar-refractivity contribution in [1.82, 2.24) is 10.2 Å². The van der Waals surface area contributed by atoms with E-state index in [9.17, 15) is 0 Å². The summed E-state index contributed by atoms with van der Waals surface area (Å²) in [5.41, 5.74) is 0. The molecule has 0 aromatic heterocycles. The number of piperidine rings is 1. The maximum absolute atomic E-state index is 5.76. The highest BCUT2D eigenvalue weighted by molar-refractivity contribution is 4.74. The van der Waals surface area contributed by atoms with Gasteiger partial charge in [0, 0.05) is 13.1 Å². The summed E-state index contributed by atoms with van der Waals surface area (Å²) >= 11 is 0. The minimum absolute atomic E-state index is 0.765. The van der Waals surface area contributed by atoms with Gasteiger partial charge >= 0.3 is 0 Å². The Morgan fingerprint density at radius 3 is 2.44 bits per heavy atom. The fraction of sp³-hybridized carbons (Fsp3) is 1.00. The van der Waals surface area contributed by atoms with Gasteiger partial charge in [0.25, 0.3) is 0 Å². The molecule has 0 spiro atoms. The van der Waals surface area contributed by atoms with E-state index in [1.165, 1.54) is 45.3 Å². The van der Waals surface area contributed by atoms with Crippen LogP contribution < -0.4 is 5.32 Å². The van der Waals surface area contributed by atoms with Crippen LogP contribution in [0.2, 0.25) is 0 Å². The smallest absolute Gasteiger partial charge is 0.0990 e. The molecule has 0 atom stereocenters. The third-order valence-electron chi connectivity index (χ3n) is 4.02. The lowest BCUT2D eigenvalue weighted by Crippen LogP contribution is -2.39. The van der Waals surface area contributed by atoms with Crippen molar-refractivity contribution in [2.75, 3.05) is 39.5 Å². The zero-order valence-electron chi connectivity index (χ0n) is 12.2. The molecule has 1 saturated carbocycles. The van der Waals surface area contributed by atoms with Crippen LogP contribution in [-0.2, 0) is 4.74 Å². The van der Waals surface area contributed by atoms with E-state index in [1.54, 1.807) is 0 Å².